The third-order valence-corrected chi connectivity index (χ3v) is 2.47. The van der Waals surface area contributed by atoms with Gasteiger partial charge in [0.1, 0.15) is 0 Å². The van der Waals surface area contributed by atoms with Gasteiger partial charge in [-0.1, -0.05) is 0 Å². The van der Waals surface area contributed by atoms with Crippen molar-refractivity contribution < 1.29 is 22.1 Å². The quantitative estimate of drug-likeness (QED) is 0.275. The summed E-state index contributed by atoms with van der Waals surface area (Å²) in [6, 6.07) is 0.963. The summed E-state index contributed by atoms with van der Waals surface area (Å²) < 4.78 is 35.5. The molecular formula is C8H11NO5S. The van der Waals surface area contributed by atoms with Crippen molar-refractivity contribution in [1.82, 2.24) is 0 Å². The van der Waals surface area contributed by atoms with Gasteiger partial charge in [0.25, 0.3) is 5.09 Å². The first-order valence-electron chi connectivity index (χ1n) is 4.17. The molecule has 0 fully saturated rings. The van der Waals surface area contributed by atoms with Gasteiger partial charge in [-0.25, -0.2) is 4.74 Å². The lowest BCUT2D eigenvalue weighted by atomic mass is 10.3. The molecule has 0 amide bonds. The van der Waals surface area contributed by atoms with Gasteiger partial charge >= 0.3 is 10.1 Å². The molecule has 0 aliphatic rings. The Balaban J connectivity index is 3.19. The molecular weight excluding hydrogens is 222 g/mol. The Morgan fingerprint density at radius 1 is 1.60 bits per heavy atom. The van der Waals surface area contributed by atoms with Crippen LogP contribution in [0.3, 0.4) is 0 Å². The van der Waals surface area contributed by atoms with Crippen LogP contribution >= 0.6 is 0 Å². The van der Waals surface area contributed by atoms with Gasteiger partial charge in [-0.15, -0.1) is 0 Å². The van der Waals surface area contributed by atoms with Crippen LogP contribution in [0.25, 0.3) is 0 Å². The Morgan fingerprint density at radius 2 is 2.20 bits per heavy atom. The van der Waals surface area contributed by atoms with Crippen molar-refractivity contribution in [1.29, 1.82) is 0 Å². The predicted octanol–water partition coefficient (Wildman–Crippen LogP) is 0.864. The normalized spacial score (nSPS) is 13.5. The van der Waals surface area contributed by atoms with Gasteiger partial charge in [0, 0.05) is 0 Å². The van der Waals surface area contributed by atoms with Crippen LogP contribution < -0.4 is 0 Å². The van der Waals surface area contributed by atoms with Crippen LogP contribution in [0.2, 0.25) is 0 Å². The van der Waals surface area contributed by atoms with Crippen LogP contribution in [-0.4, -0.2) is 30.0 Å². The van der Waals surface area contributed by atoms with Crippen LogP contribution in [0.1, 0.15) is 19.4 Å². The fourth-order valence-electron chi connectivity index (χ4n) is 0.897. The van der Waals surface area contributed by atoms with Crippen molar-refractivity contribution >= 4 is 16.3 Å². The number of hydrogen-bond acceptors (Lipinski definition) is 4. The summed E-state index contributed by atoms with van der Waals surface area (Å²) in [6.45, 7) is 3.30. The molecule has 84 valence electrons. The van der Waals surface area contributed by atoms with Gasteiger partial charge < -0.3 is 9.62 Å². The Labute approximate surface area is 87.2 Å². The van der Waals surface area contributed by atoms with Crippen molar-refractivity contribution in [3.63, 3.8) is 0 Å². The zero-order valence-corrected chi connectivity index (χ0v) is 9.06. The van der Waals surface area contributed by atoms with E-state index in [0.717, 1.165) is 12.5 Å². The average molecular weight is 233 g/mol. The number of rotatable bonds is 3. The van der Waals surface area contributed by atoms with E-state index in [-0.39, 0.29) is 11.6 Å². The predicted molar refractivity (Wildman–Crippen MR) is 52.5 cm³/mol. The fourth-order valence-corrected chi connectivity index (χ4v) is 1.49. The molecule has 0 aliphatic carbocycles. The SMILES string of the molecule is CC(C)[N+]([O-])=Cc1ccoc1S(=O)(=O)O. The highest BCUT2D eigenvalue weighted by molar-refractivity contribution is 7.85. The highest BCUT2D eigenvalue weighted by Gasteiger charge is 2.20. The number of nitrogens with zero attached hydrogens (tertiary/aromatic N) is 1. The highest BCUT2D eigenvalue weighted by Crippen LogP contribution is 2.14. The summed E-state index contributed by atoms with van der Waals surface area (Å²) in [7, 11) is -4.42. The molecule has 0 atom stereocenters. The molecule has 0 aromatic carbocycles. The lowest BCUT2D eigenvalue weighted by molar-refractivity contribution is -0.487. The second-order valence-corrected chi connectivity index (χ2v) is 4.54. The minimum Gasteiger partial charge on any atom is -0.624 e. The summed E-state index contributed by atoms with van der Waals surface area (Å²) in [6.07, 6.45) is 2.14. The van der Waals surface area contributed by atoms with Crippen LogP contribution in [0.4, 0.5) is 0 Å². The van der Waals surface area contributed by atoms with E-state index in [9.17, 15) is 13.6 Å². The lowest BCUT2D eigenvalue weighted by Gasteiger charge is -2.06. The van der Waals surface area contributed by atoms with Crippen molar-refractivity contribution in [2.24, 2.45) is 0 Å². The van der Waals surface area contributed by atoms with Crippen LogP contribution in [0.5, 0.6) is 0 Å². The van der Waals surface area contributed by atoms with Crippen LogP contribution in [0.15, 0.2) is 21.8 Å². The molecule has 0 spiro atoms. The average Bonchev–Trinajstić information content (AvgIpc) is 2.50. The summed E-state index contributed by atoms with van der Waals surface area (Å²) in [5.74, 6) is 0. The van der Waals surface area contributed by atoms with Gasteiger partial charge in [0.2, 0.25) is 0 Å². The molecule has 0 saturated heterocycles. The lowest BCUT2D eigenvalue weighted by Crippen LogP contribution is -2.15. The van der Waals surface area contributed by atoms with E-state index in [4.69, 9.17) is 4.55 Å². The maximum Gasteiger partial charge on any atom is 0.329 e. The second kappa shape index (κ2) is 4.03. The molecule has 0 bridgehead atoms. The van der Waals surface area contributed by atoms with E-state index in [1.165, 1.54) is 6.07 Å². The summed E-state index contributed by atoms with van der Waals surface area (Å²) >= 11 is 0. The molecule has 0 radical (unpaired) electrons. The smallest absolute Gasteiger partial charge is 0.329 e. The summed E-state index contributed by atoms with van der Waals surface area (Å²) in [4.78, 5) is 0. The van der Waals surface area contributed by atoms with E-state index in [2.05, 4.69) is 4.42 Å². The third kappa shape index (κ3) is 2.80. The summed E-state index contributed by atoms with van der Waals surface area (Å²) in [5, 5.41) is 10.6. The molecule has 1 aromatic rings. The van der Waals surface area contributed by atoms with Crippen LogP contribution in [0, 0.1) is 5.21 Å². The van der Waals surface area contributed by atoms with Crippen molar-refractivity contribution in [2.45, 2.75) is 25.0 Å². The Bertz CT molecular complexity index is 471. The molecule has 1 aromatic heterocycles. The molecule has 7 heteroatoms. The molecule has 1 heterocycles. The van der Waals surface area contributed by atoms with Crippen molar-refractivity contribution in [3.05, 3.63) is 23.1 Å². The largest absolute Gasteiger partial charge is 0.624 e. The standard InChI is InChI=1S/C8H11NO5S/c1-6(2)9(10)5-7-3-4-14-8(7)15(11,12)13/h3-6H,1-2H3,(H,11,12,13). The van der Waals surface area contributed by atoms with Crippen molar-refractivity contribution in [2.75, 3.05) is 0 Å². The minimum absolute atomic E-state index is 0.0289. The van der Waals surface area contributed by atoms with Crippen LogP contribution in [-0.2, 0) is 10.1 Å². The topological polar surface area (TPSA) is 93.6 Å². The number of hydroxylamine groups is 1. The van der Waals surface area contributed by atoms with Gasteiger partial charge in [0.05, 0.1) is 11.8 Å². The van der Waals surface area contributed by atoms with Crippen molar-refractivity contribution in [3.8, 4) is 0 Å². The molecule has 0 unspecified atom stereocenters. The zero-order chi connectivity index (χ0) is 11.6. The molecule has 0 aliphatic heterocycles. The van der Waals surface area contributed by atoms with Gasteiger partial charge in [0.15, 0.2) is 12.3 Å². The molecule has 1 N–H and O–H groups in total. The molecule has 0 saturated carbocycles. The summed E-state index contributed by atoms with van der Waals surface area (Å²) in [5.41, 5.74) is 0.0289. The molecule has 6 nitrogen and oxygen atoms in total. The molecule has 1 rings (SSSR count). The molecule has 15 heavy (non-hydrogen) atoms. The third-order valence-electron chi connectivity index (χ3n) is 1.67. The monoisotopic (exact) mass is 233 g/mol. The van der Waals surface area contributed by atoms with Gasteiger partial charge in [-0.2, -0.15) is 8.42 Å². The van der Waals surface area contributed by atoms with Gasteiger partial charge in [-0.05, 0) is 19.9 Å². The van der Waals surface area contributed by atoms with E-state index < -0.39 is 15.2 Å². The van der Waals surface area contributed by atoms with E-state index in [0.29, 0.717) is 4.74 Å². The van der Waals surface area contributed by atoms with Gasteiger partial charge in [-0.3, -0.25) is 4.55 Å². The Hall–Kier alpha value is -1.34. The first-order chi connectivity index (χ1) is 6.82. The van der Waals surface area contributed by atoms with E-state index >= 15 is 0 Å². The minimum atomic E-state index is -4.42. The fraction of sp³-hybridized carbons (Fsp3) is 0.375. The van der Waals surface area contributed by atoms with E-state index in [1.807, 2.05) is 0 Å². The first kappa shape index (κ1) is 11.7. The second-order valence-electron chi connectivity index (χ2n) is 3.22. The zero-order valence-electron chi connectivity index (χ0n) is 8.25. The number of hydrogen-bond donors (Lipinski definition) is 1. The van der Waals surface area contributed by atoms with E-state index in [1.54, 1.807) is 13.8 Å². The Kier molecular flexibility index (Phi) is 3.15. The first-order valence-corrected chi connectivity index (χ1v) is 5.61. The highest BCUT2D eigenvalue weighted by atomic mass is 32.2. The maximum atomic E-state index is 11.2. The maximum absolute atomic E-state index is 11.2. The Morgan fingerprint density at radius 3 is 2.67 bits per heavy atom. The number of furan rings is 1.